The van der Waals surface area contributed by atoms with Crippen molar-refractivity contribution in [3.05, 3.63) is 73.8 Å². The van der Waals surface area contributed by atoms with Crippen LogP contribution in [-0.4, -0.2) is 10.9 Å². The minimum Gasteiger partial charge on any atom is -0.507 e. The highest BCUT2D eigenvalue weighted by molar-refractivity contribution is 6.42. The molecule has 0 saturated heterocycles. The lowest BCUT2D eigenvalue weighted by Gasteiger charge is -2.07. The van der Waals surface area contributed by atoms with Gasteiger partial charge < -0.3 is 9.52 Å². The number of rotatable bonds is 4. The van der Waals surface area contributed by atoms with Crippen LogP contribution in [-0.2, 0) is 6.42 Å². The van der Waals surface area contributed by atoms with E-state index in [0.29, 0.717) is 10.6 Å². The van der Waals surface area contributed by atoms with Crippen molar-refractivity contribution in [3.8, 4) is 5.75 Å². The molecule has 1 aromatic carbocycles. The van der Waals surface area contributed by atoms with Gasteiger partial charge in [-0.3, -0.25) is 4.79 Å². The first-order valence-corrected chi connectivity index (χ1v) is 7.05. The molecular formula is C16H12Cl2O4. The van der Waals surface area contributed by atoms with E-state index in [2.05, 4.69) is 6.58 Å². The van der Waals surface area contributed by atoms with Crippen LogP contribution in [0.5, 0.6) is 5.75 Å². The van der Waals surface area contributed by atoms with E-state index in [1.807, 2.05) is 0 Å². The summed E-state index contributed by atoms with van der Waals surface area (Å²) in [7, 11) is 0. The Hall–Kier alpha value is -2.04. The molecule has 1 N–H and O–H groups in total. The van der Waals surface area contributed by atoms with E-state index < -0.39 is 11.4 Å². The SMILES string of the molecule is C=C(Cc1c(O)cc(C)oc1=O)C(=O)c1ccc(Cl)c(Cl)c1. The van der Waals surface area contributed by atoms with Gasteiger partial charge in [0.25, 0.3) is 0 Å². The number of carbonyl (C=O) groups is 1. The van der Waals surface area contributed by atoms with Crippen LogP contribution in [0.3, 0.4) is 0 Å². The largest absolute Gasteiger partial charge is 0.507 e. The number of Topliss-reactive ketones (excluding diaryl/α,β-unsaturated/α-hetero) is 1. The van der Waals surface area contributed by atoms with E-state index in [4.69, 9.17) is 27.6 Å². The van der Waals surface area contributed by atoms with Crippen LogP contribution in [0, 0.1) is 6.92 Å². The quantitative estimate of drug-likeness (QED) is 0.677. The fourth-order valence-corrected chi connectivity index (χ4v) is 2.22. The Morgan fingerprint density at radius 2 is 1.95 bits per heavy atom. The second kappa shape index (κ2) is 6.38. The summed E-state index contributed by atoms with van der Waals surface area (Å²) in [6, 6.07) is 5.75. The normalized spacial score (nSPS) is 10.5. The Morgan fingerprint density at radius 3 is 2.55 bits per heavy atom. The van der Waals surface area contributed by atoms with E-state index in [1.165, 1.54) is 24.3 Å². The van der Waals surface area contributed by atoms with Crippen molar-refractivity contribution in [2.24, 2.45) is 0 Å². The Labute approximate surface area is 136 Å². The van der Waals surface area contributed by atoms with Crippen molar-refractivity contribution < 1.29 is 14.3 Å². The number of aromatic hydroxyl groups is 1. The van der Waals surface area contributed by atoms with Crippen molar-refractivity contribution in [2.45, 2.75) is 13.3 Å². The van der Waals surface area contributed by atoms with Gasteiger partial charge in [0.2, 0.25) is 0 Å². The van der Waals surface area contributed by atoms with E-state index in [9.17, 15) is 14.7 Å². The molecule has 1 aromatic heterocycles. The molecule has 1 heterocycles. The molecule has 0 atom stereocenters. The highest BCUT2D eigenvalue weighted by Gasteiger charge is 2.17. The highest BCUT2D eigenvalue weighted by atomic mass is 35.5. The number of benzene rings is 1. The van der Waals surface area contributed by atoms with Crippen LogP contribution in [0.15, 0.2) is 45.6 Å². The lowest BCUT2D eigenvalue weighted by molar-refractivity contribution is 0.103. The van der Waals surface area contributed by atoms with Crippen molar-refractivity contribution >= 4 is 29.0 Å². The summed E-state index contributed by atoms with van der Waals surface area (Å²) in [5, 5.41) is 10.4. The molecule has 114 valence electrons. The summed E-state index contributed by atoms with van der Waals surface area (Å²) >= 11 is 11.7. The maximum atomic E-state index is 12.3. The van der Waals surface area contributed by atoms with Crippen LogP contribution in [0.4, 0.5) is 0 Å². The topological polar surface area (TPSA) is 67.5 Å². The molecule has 0 aliphatic rings. The summed E-state index contributed by atoms with van der Waals surface area (Å²) in [4.78, 5) is 24.0. The number of hydrogen-bond donors (Lipinski definition) is 1. The Morgan fingerprint density at radius 1 is 1.27 bits per heavy atom. The second-order valence-electron chi connectivity index (χ2n) is 4.75. The van der Waals surface area contributed by atoms with Gasteiger partial charge in [-0.2, -0.15) is 0 Å². The number of hydrogen-bond acceptors (Lipinski definition) is 4. The zero-order chi connectivity index (χ0) is 16.4. The second-order valence-corrected chi connectivity index (χ2v) is 5.56. The zero-order valence-corrected chi connectivity index (χ0v) is 13.2. The summed E-state index contributed by atoms with van der Waals surface area (Å²) in [6.45, 7) is 5.21. The average molecular weight is 339 g/mol. The molecule has 6 heteroatoms. The summed E-state index contributed by atoms with van der Waals surface area (Å²) in [5.74, 6) is -0.331. The molecule has 0 aliphatic carbocycles. The van der Waals surface area contributed by atoms with E-state index in [0.717, 1.165) is 0 Å². The molecule has 0 radical (unpaired) electrons. The van der Waals surface area contributed by atoms with Gasteiger partial charge in [0.1, 0.15) is 11.5 Å². The van der Waals surface area contributed by atoms with E-state index in [-0.39, 0.29) is 34.1 Å². The molecular weight excluding hydrogens is 327 g/mol. The number of allylic oxidation sites excluding steroid dienone is 1. The van der Waals surface area contributed by atoms with Crippen LogP contribution < -0.4 is 5.63 Å². The van der Waals surface area contributed by atoms with Crippen LogP contribution in [0.2, 0.25) is 10.0 Å². The molecule has 0 fully saturated rings. The fourth-order valence-electron chi connectivity index (χ4n) is 1.92. The predicted molar refractivity (Wildman–Crippen MR) is 85.0 cm³/mol. The van der Waals surface area contributed by atoms with Gasteiger partial charge in [-0.15, -0.1) is 0 Å². The summed E-state index contributed by atoms with van der Waals surface area (Å²) < 4.78 is 4.90. The van der Waals surface area contributed by atoms with E-state index >= 15 is 0 Å². The first kappa shape index (κ1) is 16.3. The Bertz CT molecular complexity index is 821. The summed E-state index contributed by atoms with van der Waals surface area (Å²) in [5.41, 5.74) is -0.273. The molecule has 0 amide bonds. The molecule has 2 aromatic rings. The fraction of sp³-hybridized carbons (Fsp3) is 0.125. The summed E-state index contributed by atoms with van der Waals surface area (Å²) in [6.07, 6.45) is -0.118. The third-order valence-electron chi connectivity index (χ3n) is 3.04. The van der Waals surface area contributed by atoms with Gasteiger partial charge in [0, 0.05) is 18.1 Å². The van der Waals surface area contributed by atoms with Crippen molar-refractivity contribution in [3.63, 3.8) is 0 Å². The minimum absolute atomic E-state index is 0.0102. The van der Waals surface area contributed by atoms with Crippen LogP contribution in [0.1, 0.15) is 21.7 Å². The standard InChI is InChI=1S/C16H12Cl2O4/c1-8(5-11-14(19)6-9(2)22-16(11)21)15(20)10-3-4-12(17)13(18)7-10/h3-4,6-7,19H,1,5H2,2H3. The monoisotopic (exact) mass is 338 g/mol. The maximum absolute atomic E-state index is 12.3. The smallest absolute Gasteiger partial charge is 0.343 e. The molecule has 22 heavy (non-hydrogen) atoms. The molecule has 0 unspecified atom stereocenters. The molecule has 0 aliphatic heterocycles. The van der Waals surface area contributed by atoms with Crippen LogP contribution in [0.25, 0.3) is 0 Å². The molecule has 4 nitrogen and oxygen atoms in total. The third-order valence-corrected chi connectivity index (χ3v) is 3.78. The van der Waals surface area contributed by atoms with Crippen molar-refractivity contribution in [1.29, 1.82) is 0 Å². The third kappa shape index (κ3) is 3.40. The van der Waals surface area contributed by atoms with Crippen LogP contribution >= 0.6 is 23.2 Å². The molecule has 2 rings (SSSR count). The highest BCUT2D eigenvalue weighted by Crippen LogP contribution is 2.25. The van der Waals surface area contributed by atoms with Gasteiger partial charge in [0.15, 0.2) is 5.78 Å². The van der Waals surface area contributed by atoms with Gasteiger partial charge in [-0.25, -0.2) is 4.79 Å². The van der Waals surface area contributed by atoms with Crippen molar-refractivity contribution in [1.82, 2.24) is 0 Å². The van der Waals surface area contributed by atoms with Crippen molar-refractivity contribution in [2.75, 3.05) is 0 Å². The number of aryl methyl sites for hydroxylation is 1. The number of halogens is 2. The van der Waals surface area contributed by atoms with Gasteiger partial charge >= 0.3 is 5.63 Å². The number of carbonyl (C=O) groups excluding carboxylic acids is 1. The van der Waals surface area contributed by atoms with Gasteiger partial charge in [0.05, 0.1) is 15.6 Å². The predicted octanol–water partition coefficient (Wildman–Crippen LogP) is 3.94. The molecule has 0 spiro atoms. The first-order chi connectivity index (χ1) is 10.3. The maximum Gasteiger partial charge on any atom is 0.343 e. The average Bonchev–Trinajstić information content (AvgIpc) is 2.44. The zero-order valence-electron chi connectivity index (χ0n) is 11.7. The van der Waals surface area contributed by atoms with Gasteiger partial charge in [-0.05, 0) is 30.7 Å². The minimum atomic E-state index is -0.694. The molecule has 0 saturated carbocycles. The Kier molecular flexibility index (Phi) is 4.74. The lowest BCUT2D eigenvalue weighted by atomic mass is 9.99. The van der Waals surface area contributed by atoms with Gasteiger partial charge in [-0.1, -0.05) is 29.8 Å². The first-order valence-electron chi connectivity index (χ1n) is 6.29. The molecule has 0 bridgehead atoms. The Balaban J connectivity index is 2.27. The lowest BCUT2D eigenvalue weighted by Crippen LogP contribution is -2.13. The number of ketones is 1. The van der Waals surface area contributed by atoms with E-state index in [1.54, 1.807) is 6.92 Å².